The molecule has 1 aromatic rings. The summed E-state index contributed by atoms with van der Waals surface area (Å²) in [7, 11) is 2.07. The van der Waals surface area contributed by atoms with Gasteiger partial charge in [-0.15, -0.1) is 0 Å². The second-order valence-electron chi connectivity index (χ2n) is 5.88. The van der Waals surface area contributed by atoms with Gasteiger partial charge < -0.3 is 10.2 Å². The van der Waals surface area contributed by atoms with Gasteiger partial charge in [-0.2, -0.15) is 0 Å². The van der Waals surface area contributed by atoms with Crippen LogP contribution in [0.1, 0.15) is 25.7 Å². The molecule has 0 aliphatic carbocycles. The average Bonchev–Trinajstić information content (AvgIpc) is 2.66. The topological polar surface area (TPSA) is 58.4 Å². The number of fused-ring (bicyclic) bond motifs is 2. The summed E-state index contributed by atoms with van der Waals surface area (Å²) < 4.78 is 27.3. The second kappa shape index (κ2) is 5.22. The number of anilines is 1. The Morgan fingerprint density at radius 2 is 1.90 bits per heavy atom. The Kier molecular flexibility index (Phi) is 3.52. The number of hydrogen-bond donors (Lipinski definition) is 1. The summed E-state index contributed by atoms with van der Waals surface area (Å²) in [4.78, 5) is 12.6. The number of hydrogen-bond acceptors (Lipinski definition) is 4. The Balaban J connectivity index is 1.85. The van der Waals surface area contributed by atoms with E-state index in [1.807, 2.05) is 0 Å². The van der Waals surface area contributed by atoms with E-state index in [1.54, 1.807) is 0 Å². The predicted molar refractivity (Wildman–Crippen MR) is 74.2 cm³/mol. The third kappa shape index (κ3) is 2.46. The maximum atomic E-state index is 13.9. The molecule has 7 heteroatoms. The first-order valence-corrected chi connectivity index (χ1v) is 7.08. The first kappa shape index (κ1) is 14.2. The second-order valence-corrected chi connectivity index (χ2v) is 5.88. The van der Waals surface area contributed by atoms with Crippen LogP contribution in [0.2, 0.25) is 0 Å². The van der Waals surface area contributed by atoms with Gasteiger partial charge in [-0.05, 0) is 38.8 Å². The lowest BCUT2D eigenvalue weighted by molar-refractivity contribution is -0.384. The molecule has 2 fully saturated rings. The average molecular weight is 297 g/mol. The molecule has 2 aliphatic rings. The lowest BCUT2D eigenvalue weighted by Gasteiger charge is -2.36. The van der Waals surface area contributed by atoms with Crippen molar-refractivity contribution in [1.29, 1.82) is 0 Å². The number of nitrogens with one attached hydrogen (secondary N) is 1. The highest BCUT2D eigenvalue weighted by molar-refractivity contribution is 5.63. The van der Waals surface area contributed by atoms with Crippen LogP contribution in [-0.4, -0.2) is 35.0 Å². The van der Waals surface area contributed by atoms with E-state index in [1.165, 1.54) is 0 Å². The summed E-state index contributed by atoms with van der Waals surface area (Å²) in [5.74, 6) is -2.24. The van der Waals surface area contributed by atoms with Crippen LogP contribution in [0, 0.1) is 21.7 Å². The van der Waals surface area contributed by atoms with Crippen LogP contribution in [-0.2, 0) is 0 Å². The van der Waals surface area contributed by atoms with Gasteiger partial charge in [-0.3, -0.25) is 10.1 Å². The standard InChI is InChI=1S/C14H17F2N3O2/c1-18-9-2-3-10(18)7-8(6-9)17-14-12(19(20)21)5-4-11(15)13(14)16/h4-5,8-10,17H,2-3,6-7H2,1H3. The van der Waals surface area contributed by atoms with Crippen molar-refractivity contribution in [3.63, 3.8) is 0 Å². The van der Waals surface area contributed by atoms with Gasteiger partial charge in [0.15, 0.2) is 17.3 Å². The zero-order valence-electron chi connectivity index (χ0n) is 11.7. The molecule has 114 valence electrons. The Bertz CT molecular complexity index is 568. The van der Waals surface area contributed by atoms with Crippen molar-refractivity contribution in [2.24, 2.45) is 0 Å². The number of nitro benzene ring substituents is 1. The number of rotatable bonds is 3. The van der Waals surface area contributed by atoms with Crippen molar-refractivity contribution in [3.05, 3.63) is 33.9 Å². The predicted octanol–water partition coefficient (Wildman–Crippen LogP) is 2.91. The summed E-state index contributed by atoms with van der Waals surface area (Å²) in [5.41, 5.74) is -0.742. The van der Waals surface area contributed by atoms with Crippen LogP contribution in [0.3, 0.4) is 0 Å². The monoisotopic (exact) mass is 297 g/mol. The number of nitrogens with zero attached hydrogens (tertiary/aromatic N) is 2. The van der Waals surface area contributed by atoms with Crippen molar-refractivity contribution >= 4 is 11.4 Å². The highest BCUT2D eigenvalue weighted by Crippen LogP contribution is 2.37. The van der Waals surface area contributed by atoms with Crippen LogP contribution in [0.15, 0.2) is 12.1 Å². The quantitative estimate of drug-likeness (QED) is 0.688. The number of benzene rings is 1. The van der Waals surface area contributed by atoms with Crippen molar-refractivity contribution in [1.82, 2.24) is 4.90 Å². The molecule has 5 nitrogen and oxygen atoms in total. The van der Waals surface area contributed by atoms with Gasteiger partial charge in [-0.1, -0.05) is 0 Å². The molecule has 2 atom stereocenters. The van der Waals surface area contributed by atoms with Crippen molar-refractivity contribution in [2.75, 3.05) is 12.4 Å². The number of nitro groups is 1. The fourth-order valence-electron chi connectivity index (χ4n) is 3.56. The molecule has 0 radical (unpaired) electrons. The summed E-state index contributed by atoms with van der Waals surface area (Å²) in [6.07, 6.45) is 3.76. The molecule has 2 saturated heterocycles. The molecule has 2 unspecified atom stereocenters. The molecule has 0 amide bonds. The molecule has 2 heterocycles. The van der Waals surface area contributed by atoms with Crippen LogP contribution in [0.4, 0.5) is 20.2 Å². The highest BCUT2D eigenvalue weighted by atomic mass is 19.2. The molecule has 1 N–H and O–H groups in total. The van der Waals surface area contributed by atoms with Gasteiger partial charge in [0.25, 0.3) is 5.69 Å². The van der Waals surface area contributed by atoms with Gasteiger partial charge in [-0.25, -0.2) is 8.78 Å². The zero-order valence-corrected chi connectivity index (χ0v) is 11.7. The van der Waals surface area contributed by atoms with E-state index < -0.39 is 22.2 Å². The molecule has 1 aromatic carbocycles. The third-order valence-corrected chi connectivity index (χ3v) is 4.72. The number of halogens is 2. The molecule has 3 rings (SSSR count). The summed E-state index contributed by atoms with van der Waals surface area (Å²) in [6, 6.07) is 2.56. The molecule has 0 spiro atoms. The Labute approximate surface area is 121 Å². The van der Waals surface area contributed by atoms with Crippen LogP contribution >= 0.6 is 0 Å². The van der Waals surface area contributed by atoms with E-state index in [0.29, 0.717) is 12.1 Å². The summed E-state index contributed by atoms with van der Waals surface area (Å²) >= 11 is 0. The molecule has 2 aliphatic heterocycles. The molecular weight excluding hydrogens is 280 g/mol. The van der Waals surface area contributed by atoms with Gasteiger partial charge in [0, 0.05) is 24.2 Å². The minimum Gasteiger partial charge on any atom is -0.374 e. The molecule has 0 saturated carbocycles. The van der Waals surface area contributed by atoms with Crippen LogP contribution in [0.25, 0.3) is 0 Å². The Hall–Kier alpha value is -1.76. The lowest BCUT2D eigenvalue weighted by atomic mass is 9.97. The summed E-state index contributed by atoms with van der Waals surface area (Å²) in [5, 5.41) is 13.9. The van der Waals surface area contributed by atoms with E-state index in [2.05, 4.69) is 17.3 Å². The van der Waals surface area contributed by atoms with Crippen LogP contribution in [0.5, 0.6) is 0 Å². The summed E-state index contributed by atoms with van der Waals surface area (Å²) in [6.45, 7) is 0. The van der Waals surface area contributed by atoms with E-state index in [0.717, 1.165) is 37.8 Å². The van der Waals surface area contributed by atoms with E-state index >= 15 is 0 Å². The minimum atomic E-state index is -1.17. The third-order valence-electron chi connectivity index (χ3n) is 4.72. The first-order valence-electron chi connectivity index (χ1n) is 7.08. The lowest BCUT2D eigenvalue weighted by Crippen LogP contribution is -2.44. The van der Waals surface area contributed by atoms with Gasteiger partial charge >= 0.3 is 0 Å². The van der Waals surface area contributed by atoms with Gasteiger partial charge in [0.1, 0.15) is 0 Å². The van der Waals surface area contributed by atoms with Gasteiger partial charge in [0.2, 0.25) is 0 Å². The van der Waals surface area contributed by atoms with Gasteiger partial charge in [0.05, 0.1) is 4.92 Å². The van der Waals surface area contributed by atoms with E-state index in [9.17, 15) is 18.9 Å². The van der Waals surface area contributed by atoms with Crippen LogP contribution < -0.4 is 5.32 Å². The Morgan fingerprint density at radius 3 is 2.48 bits per heavy atom. The van der Waals surface area contributed by atoms with Crippen molar-refractivity contribution < 1.29 is 13.7 Å². The van der Waals surface area contributed by atoms with E-state index in [-0.39, 0.29) is 11.7 Å². The van der Waals surface area contributed by atoms with E-state index in [4.69, 9.17) is 0 Å². The fraction of sp³-hybridized carbons (Fsp3) is 0.571. The molecule has 2 bridgehead atoms. The van der Waals surface area contributed by atoms with Crippen molar-refractivity contribution in [3.8, 4) is 0 Å². The largest absolute Gasteiger partial charge is 0.374 e. The normalized spacial score (nSPS) is 28.6. The number of piperidine rings is 1. The SMILES string of the molecule is CN1C2CCC1CC(Nc1c([N+](=O)[O-])ccc(F)c1F)C2. The smallest absolute Gasteiger partial charge is 0.295 e. The van der Waals surface area contributed by atoms with Crippen molar-refractivity contribution in [2.45, 2.75) is 43.8 Å². The highest BCUT2D eigenvalue weighted by Gasteiger charge is 2.39. The first-order chi connectivity index (χ1) is 9.97. The Morgan fingerprint density at radius 1 is 1.29 bits per heavy atom. The molecule has 21 heavy (non-hydrogen) atoms. The maximum absolute atomic E-state index is 13.9. The molecular formula is C14H17F2N3O2. The zero-order chi connectivity index (χ0) is 15.1. The minimum absolute atomic E-state index is 0.0614. The fourth-order valence-corrected chi connectivity index (χ4v) is 3.56. The molecule has 0 aromatic heterocycles. The maximum Gasteiger partial charge on any atom is 0.295 e.